The molecule has 1 fully saturated rings. The molecule has 0 saturated carbocycles. The molecule has 0 atom stereocenters. The first-order valence-electron chi connectivity index (χ1n) is 8.01. The van der Waals surface area contributed by atoms with Gasteiger partial charge >= 0.3 is 0 Å². The van der Waals surface area contributed by atoms with Crippen molar-refractivity contribution >= 4 is 11.5 Å². The SMILES string of the molecule is CCCOc1nc(C)nc(NCCCN2CCOCC2)c1N. The first kappa shape index (κ1) is 16.8. The molecular weight excluding hydrogens is 282 g/mol. The van der Waals surface area contributed by atoms with Gasteiger partial charge in [0.1, 0.15) is 11.5 Å². The summed E-state index contributed by atoms with van der Waals surface area (Å²) in [5, 5.41) is 3.30. The lowest BCUT2D eigenvalue weighted by Gasteiger charge is -2.26. The van der Waals surface area contributed by atoms with E-state index in [1.54, 1.807) is 0 Å². The zero-order chi connectivity index (χ0) is 15.8. The first-order chi connectivity index (χ1) is 10.7. The summed E-state index contributed by atoms with van der Waals surface area (Å²) < 4.78 is 10.9. The molecule has 0 radical (unpaired) electrons. The Morgan fingerprint density at radius 1 is 1.32 bits per heavy atom. The van der Waals surface area contributed by atoms with Crippen LogP contribution in [0.1, 0.15) is 25.6 Å². The highest BCUT2D eigenvalue weighted by atomic mass is 16.5. The van der Waals surface area contributed by atoms with Gasteiger partial charge in [0.2, 0.25) is 5.88 Å². The lowest BCUT2D eigenvalue weighted by atomic mass is 10.3. The highest BCUT2D eigenvalue weighted by Crippen LogP contribution is 2.25. The predicted molar refractivity (Wildman–Crippen MR) is 87.3 cm³/mol. The summed E-state index contributed by atoms with van der Waals surface area (Å²) in [4.78, 5) is 11.0. The molecule has 1 aromatic heterocycles. The average molecular weight is 309 g/mol. The van der Waals surface area contributed by atoms with Crippen molar-refractivity contribution in [3.63, 3.8) is 0 Å². The van der Waals surface area contributed by atoms with E-state index in [0.717, 1.165) is 52.2 Å². The van der Waals surface area contributed by atoms with Gasteiger partial charge < -0.3 is 20.5 Å². The van der Waals surface area contributed by atoms with Crippen LogP contribution in [0, 0.1) is 6.92 Å². The van der Waals surface area contributed by atoms with E-state index < -0.39 is 0 Å². The van der Waals surface area contributed by atoms with Crippen molar-refractivity contribution in [3.8, 4) is 5.88 Å². The number of nitrogens with two attached hydrogens (primary N) is 1. The minimum atomic E-state index is 0.477. The monoisotopic (exact) mass is 309 g/mol. The van der Waals surface area contributed by atoms with E-state index in [4.69, 9.17) is 15.2 Å². The van der Waals surface area contributed by atoms with Gasteiger partial charge in [0, 0.05) is 19.6 Å². The number of nitrogens with zero attached hydrogens (tertiary/aromatic N) is 3. The van der Waals surface area contributed by atoms with E-state index >= 15 is 0 Å². The molecule has 1 aromatic rings. The molecule has 1 aliphatic rings. The Morgan fingerprint density at radius 3 is 2.82 bits per heavy atom. The largest absolute Gasteiger partial charge is 0.476 e. The Hall–Kier alpha value is -1.60. The van der Waals surface area contributed by atoms with Crippen LogP contribution in [0.3, 0.4) is 0 Å². The Morgan fingerprint density at radius 2 is 2.09 bits per heavy atom. The van der Waals surface area contributed by atoms with Gasteiger partial charge in [-0.1, -0.05) is 6.92 Å². The molecule has 3 N–H and O–H groups in total. The highest BCUT2D eigenvalue weighted by molar-refractivity contribution is 5.66. The average Bonchev–Trinajstić information content (AvgIpc) is 2.54. The summed E-state index contributed by atoms with van der Waals surface area (Å²) in [6, 6.07) is 0. The Kier molecular flexibility index (Phi) is 6.67. The number of anilines is 2. The van der Waals surface area contributed by atoms with Gasteiger partial charge in [-0.05, 0) is 26.3 Å². The molecule has 0 aliphatic carbocycles. The van der Waals surface area contributed by atoms with Gasteiger partial charge in [-0.2, -0.15) is 4.98 Å². The van der Waals surface area contributed by atoms with Crippen LogP contribution in [0.25, 0.3) is 0 Å². The van der Waals surface area contributed by atoms with E-state index in [0.29, 0.717) is 29.8 Å². The first-order valence-corrected chi connectivity index (χ1v) is 8.01. The number of nitrogen functional groups attached to an aromatic ring is 1. The summed E-state index contributed by atoms with van der Waals surface area (Å²) in [5.74, 6) is 1.81. The molecule has 124 valence electrons. The third-order valence-corrected chi connectivity index (χ3v) is 3.51. The van der Waals surface area contributed by atoms with Crippen molar-refractivity contribution in [3.05, 3.63) is 5.82 Å². The molecule has 0 bridgehead atoms. The summed E-state index contributed by atoms with van der Waals surface area (Å²) in [6.45, 7) is 10.1. The van der Waals surface area contributed by atoms with Gasteiger partial charge in [0.15, 0.2) is 5.82 Å². The number of ether oxygens (including phenoxy) is 2. The third-order valence-electron chi connectivity index (χ3n) is 3.51. The summed E-state index contributed by atoms with van der Waals surface area (Å²) >= 11 is 0. The van der Waals surface area contributed by atoms with Crippen molar-refractivity contribution < 1.29 is 9.47 Å². The number of hydrogen-bond acceptors (Lipinski definition) is 7. The third kappa shape index (κ3) is 4.99. The second kappa shape index (κ2) is 8.75. The minimum absolute atomic E-state index is 0.477. The van der Waals surface area contributed by atoms with Crippen LogP contribution in [0.15, 0.2) is 0 Å². The lowest BCUT2D eigenvalue weighted by Crippen LogP contribution is -2.37. The Balaban J connectivity index is 1.82. The van der Waals surface area contributed by atoms with Crippen LogP contribution in [0.4, 0.5) is 11.5 Å². The summed E-state index contributed by atoms with van der Waals surface area (Å²) in [7, 11) is 0. The molecule has 2 heterocycles. The molecule has 2 rings (SSSR count). The molecular formula is C15H27N5O2. The van der Waals surface area contributed by atoms with Crippen LogP contribution in [0.5, 0.6) is 5.88 Å². The molecule has 7 nitrogen and oxygen atoms in total. The van der Waals surface area contributed by atoms with Gasteiger partial charge in [-0.25, -0.2) is 4.98 Å². The second-order valence-corrected chi connectivity index (χ2v) is 5.42. The number of hydrogen-bond donors (Lipinski definition) is 2. The molecule has 0 unspecified atom stereocenters. The van der Waals surface area contributed by atoms with Gasteiger partial charge in [-0.15, -0.1) is 0 Å². The van der Waals surface area contributed by atoms with Crippen LogP contribution >= 0.6 is 0 Å². The van der Waals surface area contributed by atoms with Crippen LogP contribution < -0.4 is 15.8 Å². The fourth-order valence-corrected chi connectivity index (χ4v) is 2.33. The standard InChI is InChI=1S/C15H27N5O2/c1-3-9-22-15-13(16)14(18-12(2)19-15)17-5-4-6-20-7-10-21-11-8-20/h3-11,16H2,1-2H3,(H,17,18,19). The van der Waals surface area contributed by atoms with Gasteiger partial charge in [0.05, 0.1) is 19.8 Å². The normalized spacial score (nSPS) is 15.7. The highest BCUT2D eigenvalue weighted by Gasteiger charge is 2.12. The molecule has 0 aromatic carbocycles. The van der Waals surface area contributed by atoms with Crippen molar-refractivity contribution in [1.82, 2.24) is 14.9 Å². The molecule has 0 spiro atoms. The molecule has 0 amide bonds. The van der Waals surface area contributed by atoms with Gasteiger partial charge in [0.25, 0.3) is 0 Å². The zero-order valence-electron chi connectivity index (χ0n) is 13.6. The molecule has 7 heteroatoms. The van der Waals surface area contributed by atoms with Crippen LogP contribution in [-0.2, 0) is 4.74 Å². The fourth-order valence-electron chi connectivity index (χ4n) is 2.33. The number of nitrogens with one attached hydrogen (secondary N) is 1. The number of aryl methyl sites for hydroxylation is 1. The maximum atomic E-state index is 6.08. The Labute approximate surface area is 132 Å². The maximum absolute atomic E-state index is 6.08. The minimum Gasteiger partial charge on any atom is -0.476 e. The quantitative estimate of drug-likeness (QED) is 0.700. The van der Waals surface area contributed by atoms with Crippen molar-refractivity contribution in [2.75, 3.05) is 57.1 Å². The summed E-state index contributed by atoms with van der Waals surface area (Å²) in [5.41, 5.74) is 6.57. The fraction of sp³-hybridized carbons (Fsp3) is 0.733. The number of rotatable bonds is 8. The van der Waals surface area contributed by atoms with Crippen LogP contribution in [0.2, 0.25) is 0 Å². The zero-order valence-corrected chi connectivity index (χ0v) is 13.6. The number of morpholine rings is 1. The van der Waals surface area contributed by atoms with E-state index in [-0.39, 0.29) is 0 Å². The maximum Gasteiger partial charge on any atom is 0.242 e. The predicted octanol–water partition coefficient (Wildman–Crippen LogP) is 1.29. The lowest BCUT2D eigenvalue weighted by molar-refractivity contribution is 0.0378. The van der Waals surface area contributed by atoms with E-state index in [1.807, 2.05) is 6.92 Å². The van der Waals surface area contributed by atoms with E-state index in [1.165, 1.54) is 0 Å². The molecule has 22 heavy (non-hydrogen) atoms. The van der Waals surface area contributed by atoms with E-state index in [2.05, 4.69) is 27.1 Å². The van der Waals surface area contributed by atoms with Crippen molar-refractivity contribution in [2.24, 2.45) is 0 Å². The van der Waals surface area contributed by atoms with Gasteiger partial charge in [-0.3, -0.25) is 4.90 Å². The van der Waals surface area contributed by atoms with Crippen molar-refractivity contribution in [1.29, 1.82) is 0 Å². The smallest absolute Gasteiger partial charge is 0.242 e. The van der Waals surface area contributed by atoms with E-state index in [9.17, 15) is 0 Å². The van der Waals surface area contributed by atoms with Crippen LogP contribution in [-0.4, -0.2) is 60.9 Å². The second-order valence-electron chi connectivity index (χ2n) is 5.42. The topological polar surface area (TPSA) is 85.5 Å². The Bertz CT molecular complexity index is 463. The molecule has 1 aliphatic heterocycles. The summed E-state index contributed by atoms with van der Waals surface area (Å²) in [6.07, 6.45) is 1.96. The molecule has 1 saturated heterocycles. The number of aromatic nitrogens is 2. The van der Waals surface area contributed by atoms with Crippen molar-refractivity contribution in [2.45, 2.75) is 26.7 Å².